The molecule has 108 valence electrons. The van der Waals surface area contributed by atoms with E-state index in [0.717, 1.165) is 0 Å². The number of hydrogen-bond donors (Lipinski definition) is 0. The number of esters is 2. The van der Waals surface area contributed by atoms with Gasteiger partial charge in [-0.15, -0.1) is 0 Å². The highest BCUT2D eigenvalue weighted by atomic mass is 79.9. The first-order valence-corrected chi connectivity index (χ1v) is 6.34. The Kier molecular flexibility index (Phi) is 5.69. The lowest BCUT2D eigenvalue weighted by atomic mass is 10.0. The van der Waals surface area contributed by atoms with Gasteiger partial charge in [-0.25, -0.2) is 9.59 Å². The third-order valence-corrected chi connectivity index (χ3v) is 2.93. The maximum atomic E-state index is 11.8. The summed E-state index contributed by atoms with van der Waals surface area (Å²) < 4.78 is 13.3. The molecule has 1 aromatic carbocycles. The molecule has 0 aliphatic heterocycles. The summed E-state index contributed by atoms with van der Waals surface area (Å²) in [5.74, 6) is -0.606. The molecule has 0 saturated carbocycles. The summed E-state index contributed by atoms with van der Waals surface area (Å²) in [5.41, 5.74) is 0.947. The SMILES string of the molecule is COC(=O)c1ccc(C(=NBr)N(C)C)cc1C(=O)OC. The molecule has 0 unspecified atom stereocenters. The van der Waals surface area contributed by atoms with E-state index in [-0.39, 0.29) is 11.1 Å². The van der Waals surface area contributed by atoms with E-state index in [1.54, 1.807) is 11.0 Å². The van der Waals surface area contributed by atoms with Crippen LogP contribution >= 0.6 is 16.1 Å². The third-order valence-electron chi connectivity index (χ3n) is 2.59. The van der Waals surface area contributed by atoms with Crippen LogP contribution in [-0.2, 0) is 9.47 Å². The highest BCUT2D eigenvalue weighted by Gasteiger charge is 2.20. The molecule has 0 heterocycles. The fraction of sp³-hybridized carbons (Fsp3) is 0.308. The Labute approximate surface area is 125 Å². The van der Waals surface area contributed by atoms with Crippen molar-refractivity contribution in [2.24, 2.45) is 4.02 Å². The van der Waals surface area contributed by atoms with Crippen molar-refractivity contribution in [2.75, 3.05) is 28.3 Å². The first-order chi connectivity index (χ1) is 9.46. The van der Waals surface area contributed by atoms with Crippen molar-refractivity contribution in [3.63, 3.8) is 0 Å². The van der Waals surface area contributed by atoms with Crippen LogP contribution in [0.5, 0.6) is 0 Å². The molecule has 0 spiro atoms. The van der Waals surface area contributed by atoms with E-state index in [0.29, 0.717) is 11.4 Å². The molecule has 0 bridgehead atoms. The molecule has 0 aliphatic carbocycles. The molecule has 0 amide bonds. The first-order valence-electron chi connectivity index (χ1n) is 5.63. The van der Waals surface area contributed by atoms with Gasteiger partial charge in [-0.05, 0) is 12.1 Å². The average molecular weight is 343 g/mol. The number of halogens is 1. The molecule has 0 N–H and O–H groups in total. The second kappa shape index (κ2) is 7.04. The molecule has 7 heteroatoms. The first kappa shape index (κ1) is 16.2. The van der Waals surface area contributed by atoms with E-state index in [2.05, 4.69) is 29.6 Å². The smallest absolute Gasteiger partial charge is 0.338 e. The molecule has 0 aliphatic rings. The van der Waals surface area contributed by atoms with Crippen molar-refractivity contribution in [2.45, 2.75) is 0 Å². The van der Waals surface area contributed by atoms with Crippen LogP contribution in [0.15, 0.2) is 22.2 Å². The second-order valence-electron chi connectivity index (χ2n) is 4.05. The van der Waals surface area contributed by atoms with Crippen molar-refractivity contribution in [3.05, 3.63) is 34.9 Å². The van der Waals surface area contributed by atoms with Crippen LogP contribution in [0.1, 0.15) is 26.3 Å². The van der Waals surface area contributed by atoms with Crippen LogP contribution < -0.4 is 0 Å². The van der Waals surface area contributed by atoms with Crippen molar-refractivity contribution >= 4 is 33.9 Å². The topological polar surface area (TPSA) is 68.2 Å². The van der Waals surface area contributed by atoms with E-state index < -0.39 is 11.9 Å². The summed E-state index contributed by atoms with van der Waals surface area (Å²) in [6.45, 7) is 0. The number of hydrogen-bond acceptors (Lipinski definition) is 5. The Morgan fingerprint density at radius 1 is 1.10 bits per heavy atom. The van der Waals surface area contributed by atoms with Crippen LogP contribution in [0.2, 0.25) is 0 Å². The Bertz CT molecular complexity index is 555. The fourth-order valence-electron chi connectivity index (χ4n) is 1.63. The van der Waals surface area contributed by atoms with Crippen molar-refractivity contribution in [1.29, 1.82) is 0 Å². The van der Waals surface area contributed by atoms with Crippen LogP contribution in [0.3, 0.4) is 0 Å². The Hall–Kier alpha value is -1.89. The number of amidine groups is 1. The third kappa shape index (κ3) is 3.36. The molecule has 6 nitrogen and oxygen atoms in total. The fourth-order valence-corrected chi connectivity index (χ4v) is 2.15. The van der Waals surface area contributed by atoms with Crippen molar-refractivity contribution in [3.8, 4) is 0 Å². The number of carbonyl (C=O) groups is 2. The predicted octanol–water partition coefficient (Wildman–Crippen LogP) is 1.88. The van der Waals surface area contributed by atoms with Crippen LogP contribution in [-0.4, -0.2) is 51.0 Å². The molecular formula is C13H15BrN2O4. The zero-order valence-electron chi connectivity index (χ0n) is 11.6. The van der Waals surface area contributed by atoms with Gasteiger partial charge >= 0.3 is 11.9 Å². The monoisotopic (exact) mass is 342 g/mol. The van der Waals surface area contributed by atoms with Gasteiger partial charge in [0.15, 0.2) is 0 Å². The largest absolute Gasteiger partial charge is 0.465 e. The maximum Gasteiger partial charge on any atom is 0.338 e. The predicted molar refractivity (Wildman–Crippen MR) is 78.3 cm³/mol. The van der Waals surface area contributed by atoms with Gasteiger partial charge < -0.3 is 14.4 Å². The highest BCUT2D eigenvalue weighted by Crippen LogP contribution is 2.16. The van der Waals surface area contributed by atoms with E-state index >= 15 is 0 Å². The number of carbonyl (C=O) groups excluding carboxylic acids is 2. The van der Waals surface area contributed by atoms with Crippen molar-refractivity contribution in [1.82, 2.24) is 4.90 Å². The minimum Gasteiger partial charge on any atom is -0.465 e. The lowest BCUT2D eigenvalue weighted by Gasteiger charge is -2.16. The normalized spacial score (nSPS) is 10.9. The standard InChI is InChI=1S/C13H15BrN2O4/c1-16(2)11(15-14)8-5-6-9(12(17)19-3)10(7-8)13(18)20-4/h5-7H,1-4H3. The molecular weight excluding hydrogens is 328 g/mol. The van der Waals surface area contributed by atoms with E-state index in [1.165, 1.54) is 26.4 Å². The van der Waals surface area contributed by atoms with Gasteiger partial charge in [0.25, 0.3) is 0 Å². The summed E-state index contributed by atoms with van der Waals surface area (Å²) in [5, 5.41) is 0. The molecule has 20 heavy (non-hydrogen) atoms. The number of benzene rings is 1. The van der Waals surface area contributed by atoms with Gasteiger partial charge in [-0.2, -0.15) is 4.02 Å². The number of methoxy groups -OCH3 is 2. The Morgan fingerprint density at radius 3 is 2.10 bits per heavy atom. The number of ether oxygens (including phenoxy) is 2. The number of rotatable bonds is 3. The molecule has 0 radical (unpaired) electrons. The van der Waals surface area contributed by atoms with Gasteiger partial charge in [0.05, 0.1) is 41.5 Å². The van der Waals surface area contributed by atoms with Crippen LogP contribution in [0.4, 0.5) is 0 Å². The quantitative estimate of drug-likeness (QED) is 0.476. The summed E-state index contributed by atoms with van der Waals surface area (Å²) in [7, 11) is 6.13. The van der Waals surface area contributed by atoms with Crippen LogP contribution in [0, 0.1) is 0 Å². The lowest BCUT2D eigenvalue weighted by Crippen LogP contribution is -2.23. The van der Waals surface area contributed by atoms with Gasteiger partial charge in [-0.1, -0.05) is 6.07 Å². The lowest BCUT2D eigenvalue weighted by molar-refractivity contribution is 0.0555. The van der Waals surface area contributed by atoms with E-state index in [1.807, 2.05) is 14.1 Å². The number of nitrogens with zero attached hydrogens (tertiary/aromatic N) is 2. The zero-order chi connectivity index (χ0) is 15.3. The molecule has 1 aromatic rings. The Balaban J connectivity index is 3.42. The van der Waals surface area contributed by atoms with Gasteiger partial charge in [0, 0.05) is 19.7 Å². The Morgan fingerprint density at radius 2 is 1.65 bits per heavy atom. The molecule has 0 saturated heterocycles. The highest BCUT2D eigenvalue weighted by molar-refractivity contribution is 9.08. The van der Waals surface area contributed by atoms with E-state index in [4.69, 9.17) is 0 Å². The van der Waals surface area contributed by atoms with Gasteiger partial charge in [-0.3, -0.25) is 0 Å². The summed E-state index contributed by atoms with van der Waals surface area (Å²) in [6, 6.07) is 4.73. The molecule has 0 aromatic heterocycles. The van der Waals surface area contributed by atoms with E-state index in [9.17, 15) is 9.59 Å². The summed E-state index contributed by atoms with van der Waals surface area (Å²) in [4.78, 5) is 25.2. The minimum absolute atomic E-state index is 0.132. The molecule has 0 fully saturated rings. The molecule has 0 atom stereocenters. The average Bonchev–Trinajstić information content (AvgIpc) is 2.45. The summed E-state index contributed by atoms with van der Waals surface area (Å²) in [6.07, 6.45) is 0. The minimum atomic E-state index is -0.611. The zero-order valence-corrected chi connectivity index (χ0v) is 13.2. The second-order valence-corrected chi connectivity index (χ2v) is 4.40. The van der Waals surface area contributed by atoms with Crippen molar-refractivity contribution < 1.29 is 19.1 Å². The maximum absolute atomic E-state index is 11.8. The van der Waals surface area contributed by atoms with Gasteiger partial charge in [0.2, 0.25) is 0 Å². The van der Waals surface area contributed by atoms with Crippen LogP contribution in [0.25, 0.3) is 0 Å². The summed E-state index contributed by atoms with van der Waals surface area (Å²) >= 11 is 3.03. The molecule has 1 rings (SSSR count). The van der Waals surface area contributed by atoms with Gasteiger partial charge in [0.1, 0.15) is 5.84 Å².